The van der Waals surface area contributed by atoms with Crippen LogP contribution in [0.2, 0.25) is 0 Å². The van der Waals surface area contributed by atoms with Crippen molar-refractivity contribution in [2.24, 2.45) is 0 Å². The first-order valence-electron chi connectivity index (χ1n) is 8.78. The van der Waals surface area contributed by atoms with Gasteiger partial charge >= 0.3 is 5.97 Å². The fraction of sp³-hybridized carbons (Fsp3) is 0.300. The van der Waals surface area contributed by atoms with Gasteiger partial charge in [0.25, 0.3) is 5.91 Å². The van der Waals surface area contributed by atoms with E-state index < -0.39 is 5.97 Å². The number of hydrogen-bond donors (Lipinski definition) is 0. The molecule has 3 rings (SSSR count). The molecule has 0 aliphatic heterocycles. The van der Waals surface area contributed by atoms with Gasteiger partial charge in [0.05, 0.1) is 5.69 Å². The number of carbonyl (C=O) groups is 2. The Kier molecular flexibility index (Phi) is 5.49. The summed E-state index contributed by atoms with van der Waals surface area (Å²) >= 11 is 0. The molecule has 0 saturated heterocycles. The summed E-state index contributed by atoms with van der Waals surface area (Å²) in [5.74, 6) is -0.875. The number of aromatic nitrogens is 3. The molecule has 2 aromatic heterocycles. The van der Waals surface area contributed by atoms with Gasteiger partial charge < -0.3 is 9.64 Å². The van der Waals surface area contributed by atoms with Crippen LogP contribution in [0.15, 0.2) is 42.7 Å². The predicted molar refractivity (Wildman–Crippen MR) is 100 cm³/mol. The highest BCUT2D eigenvalue weighted by Crippen LogP contribution is 2.14. The highest BCUT2D eigenvalue weighted by molar-refractivity contribution is 5.98. The Labute approximate surface area is 157 Å². The zero-order valence-corrected chi connectivity index (χ0v) is 15.7. The Morgan fingerprint density at radius 3 is 2.59 bits per heavy atom. The molecule has 0 bridgehead atoms. The van der Waals surface area contributed by atoms with Crippen LogP contribution >= 0.6 is 0 Å². The fourth-order valence-corrected chi connectivity index (χ4v) is 2.79. The van der Waals surface area contributed by atoms with Gasteiger partial charge in [0, 0.05) is 26.0 Å². The van der Waals surface area contributed by atoms with Crippen molar-refractivity contribution in [3.05, 3.63) is 65.1 Å². The Bertz CT molecular complexity index is 963. The van der Waals surface area contributed by atoms with Gasteiger partial charge in [-0.05, 0) is 30.5 Å². The highest BCUT2D eigenvalue weighted by atomic mass is 16.5. The lowest BCUT2D eigenvalue weighted by molar-refractivity contribution is -0.133. The minimum atomic E-state index is -0.602. The summed E-state index contributed by atoms with van der Waals surface area (Å²) < 4.78 is 6.72. The maximum absolute atomic E-state index is 12.4. The van der Waals surface area contributed by atoms with Crippen molar-refractivity contribution >= 4 is 17.5 Å². The molecule has 2 heterocycles. The van der Waals surface area contributed by atoms with Crippen LogP contribution in [0.5, 0.6) is 0 Å². The normalized spacial score (nSPS) is 10.8. The average Bonchev–Trinajstić information content (AvgIpc) is 3.02. The van der Waals surface area contributed by atoms with E-state index in [9.17, 15) is 9.59 Å². The molecule has 0 aliphatic carbocycles. The Morgan fingerprint density at radius 2 is 1.89 bits per heavy atom. The molecule has 0 unspecified atom stereocenters. The van der Waals surface area contributed by atoms with E-state index in [2.05, 4.69) is 29.1 Å². The molecule has 7 nitrogen and oxygen atoms in total. The van der Waals surface area contributed by atoms with Crippen molar-refractivity contribution in [3.63, 3.8) is 0 Å². The predicted octanol–water partition coefficient (Wildman–Crippen LogP) is 2.42. The third-order valence-electron chi connectivity index (χ3n) is 4.38. The van der Waals surface area contributed by atoms with Crippen LogP contribution in [0.1, 0.15) is 34.1 Å². The number of benzene rings is 1. The number of rotatable bonds is 6. The first-order valence-corrected chi connectivity index (χ1v) is 8.78. The largest absolute Gasteiger partial charge is 0.452 e. The van der Waals surface area contributed by atoms with Crippen molar-refractivity contribution in [3.8, 4) is 0 Å². The average molecular weight is 366 g/mol. The number of carbonyl (C=O) groups excluding carboxylic acids is 2. The summed E-state index contributed by atoms with van der Waals surface area (Å²) in [7, 11) is 1.69. The van der Waals surface area contributed by atoms with Crippen LogP contribution in [-0.4, -0.2) is 45.0 Å². The summed E-state index contributed by atoms with van der Waals surface area (Å²) in [6.07, 6.45) is 4.26. The van der Waals surface area contributed by atoms with Gasteiger partial charge in [0.2, 0.25) is 0 Å². The van der Waals surface area contributed by atoms with E-state index in [1.807, 2.05) is 12.1 Å². The standard InChI is InChI=1S/C20H22N4O3/c1-4-15-6-8-16(9-7-15)12-23(3)17(25)13-27-20(26)18-14(2)22-24-11-5-10-21-19(18)24/h5-11H,4,12-13H2,1-3H3. The first kappa shape index (κ1) is 18.6. The SMILES string of the molecule is CCc1ccc(CN(C)C(=O)COC(=O)c2c(C)nn3cccnc23)cc1. The second kappa shape index (κ2) is 7.99. The number of hydrogen-bond acceptors (Lipinski definition) is 5. The minimum Gasteiger partial charge on any atom is -0.452 e. The van der Waals surface area contributed by atoms with E-state index in [-0.39, 0.29) is 18.1 Å². The number of nitrogens with zero attached hydrogens (tertiary/aromatic N) is 4. The molecule has 27 heavy (non-hydrogen) atoms. The number of ether oxygens (including phenoxy) is 1. The number of likely N-dealkylation sites (N-methyl/N-ethyl adjacent to an activating group) is 1. The number of amides is 1. The molecule has 0 saturated carbocycles. The molecule has 0 fully saturated rings. The van der Waals surface area contributed by atoms with Gasteiger partial charge in [0.1, 0.15) is 5.56 Å². The number of esters is 1. The van der Waals surface area contributed by atoms with Gasteiger partial charge in [-0.25, -0.2) is 14.3 Å². The lowest BCUT2D eigenvalue weighted by atomic mass is 10.1. The highest BCUT2D eigenvalue weighted by Gasteiger charge is 2.21. The van der Waals surface area contributed by atoms with Gasteiger partial charge in [-0.15, -0.1) is 0 Å². The number of fused-ring (bicyclic) bond motifs is 1. The van der Waals surface area contributed by atoms with Crippen molar-refractivity contribution in [2.75, 3.05) is 13.7 Å². The lowest BCUT2D eigenvalue weighted by Crippen LogP contribution is -2.30. The van der Waals surface area contributed by atoms with Gasteiger partial charge in [-0.1, -0.05) is 31.2 Å². The number of aryl methyl sites for hydroxylation is 2. The van der Waals surface area contributed by atoms with Gasteiger partial charge in [-0.3, -0.25) is 4.79 Å². The van der Waals surface area contributed by atoms with Crippen LogP contribution in [0.4, 0.5) is 0 Å². The third kappa shape index (κ3) is 4.13. The van der Waals surface area contributed by atoms with Crippen LogP contribution < -0.4 is 0 Å². The minimum absolute atomic E-state index is 0.273. The van der Waals surface area contributed by atoms with Crippen molar-refractivity contribution < 1.29 is 14.3 Å². The molecule has 3 aromatic rings. The third-order valence-corrected chi connectivity index (χ3v) is 4.38. The topological polar surface area (TPSA) is 76.8 Å². The van der Waals surface area contributed by atoms with Crippen LogP contribution in [0.3, 0.4) is 0 Å². The quantitative estimate of drug-likeness (QED) is 0.626. The van der Waals surface area contributed by atoms with Crippen LogP contribution in [0, 0.1) is 6.92 Å². The molecule has 7 heteroatoms. The summed E-state index contributed by atoms with van der Waals surface area (Å²) in [6, 6.07) is 9.83. The molecule has 0 N–H and O–H groups in total. The van der Waals surface area contributed by atoms with Gasteiger partial charge in [0.15, 0.2) is 12.3 Å². The van der Waals surface area contributed by atoms with E-state index >= 15 is 0 Å². The summed E-state index contributed by atoms with van der Waals surface area (Å²) in [5, 5.41) is 4.22. The maximum atomic E-state index is 12.4. The Morgan fingerprint density at radius 1 is 1.19 bits per heavy atom. The van der Waals surface area contributed by atoms with Gasteiger partial charge in [-0.2, -0.15) is 5.10 Å². The zero-order chi connectivity index (χ0) is 19.4. The molecule has 0 spiro atoms. The smallest absolute Gasteiger partial charge is 0.344 e. The second-order valence-corrected chi connectivity index (χ2v) is 6.34. The zero-order valence-electron chi connectivity index (χ0n) is 15.7. The molecule has 0 radical (unpaired) electrons. The fourth-order valence-electron chi connectivity index (χ4n) is 2.79. The maximum Gasteiger partial charge on any atom is 0.344 e. The van der Waals surface area contributed by atoms with E-state index in [0.29, 0.717) is 17.9 Å². The summed E-state index contributed by atoms with van der Waals surface area (Å²) in [5.41, 5.74) is 3.48. The molecular formula is C20H22N4O3. The summed E-state index contributed by atoms with van der Waals surface area (Å²) in [6.45, 7) is 3.93. The first-order chi connectivity index (χ1) is 13.0. The van der Waals surface area contributed by atoms with Crippen molar-refractivity contribution in [2.45, 2.75) is 26.8 Å². The van der Waals surface area contributed by atoms with E-state index in [1.165, 1.54) is 15.0 Å². The summed E-state index contributed by atoms with van der Waals surface area (Å²) in [4.78, 5) is 30.4. The van der Waals surface area contributed by atoms with Crippen LogP contribution in [-0.2, 0) is 22.5 Å². The van der Waals surface area contributed by atoms with E-state index in [4.69, 9.17) is 4.74 Å². The Hall–Kier alpha value is -3.22. The molecule has 140 valence electrons. The van der Waals surface area contributed by atoms with Crippen molar-refractivity contribution in [1.29, 1.82) is 0 Å². The molecular weight excluding hydrogens is 344 g/mol. The lowest BCUT2D eigenvalue weighted by Gasteiger charge is -2.17. The Balaban J connectivity index is 1.60. The van der Waals surface area contributed by atoms with E-state index in [0.717, 1.165) is 12.0 Å². The molecule has 1 aromatic carbocycles. The van der Waals surface area contributed by atoms with Crippen LogP contribution in [0.25, 0.3) is 5.65 Å². The monoisotopic (exact) mass is 366 g/mol. The second-order valence-electron chi connectivity index (χ2n) is 6.34. The molecule has 0 atom stereocenters. The van der Waals surface area contributed by atoms with Crippen molar-refractivity contribution in [1.82, 2.24) is 19.5 Å². The van der Waals surface area contributed by atoms with E-state index in [1.54, 1.807) is 32.4 Å². The molecule has 1 amide bonds. The molecule has 0 aliphatic rings.